The van der Waals surface area contributed by atoms with Gasteiger partial charge in [0.1, 0.15) is 5.75 Å². The molecule has 4 aromatic rings. The van der Waals surface area contributed by atoms with E-state index in [1.807, 2.05) is 62.7 Å². The number of carbonyl (C=O) groups excluding carboxylic acids is 1. The third-order valence-electron chi connectivity index (χ3n) is 4.99. The number of fused-ring (bicyclic) bond motifs is 1. The van der Waals surface area contributed by atoms with Crippen LogP contribution in [0.3, 0.4) is 0 Å². The van der Waals surface area contributed by atoms with Crippen LogP contribution in [0.5, 0.6) is 11.6 Å². The Morgan fingerprint density at radius 1 is 1.06 bits per heavy atom. The lowest BCUT2D eigenvalue weighted by Crippen LogP contribution is -2.23. The molecule has 3 aromatic heterocycles. The SMILES string of the molecule is Cc1ccc(C)c(Oc2ccc(CNC(=O)c3cnc4c(cnn4C(C)C)c3)cn2)c1. The van der Waals surface area contributed by atoms with E-state index in [1.54, 1.807) is 24.7 Å². The molecular weight excluding hydrogens is 390 g/mol. The number of nitrogens with zero attached hydrogens (tertiary/aromatic N) is 4. The van der Waals surface area contributed by atoms with E-state index in [-0.39, 0.29) is 11.9 Å². The van der Waals surface area contributed by atoms with Crippen LogP contribution >= 0.6 is 0 Å². The lowest BCUT2D eigenvalue weighted by molar-refractivity contribution is 0.0950. The van der Waals surface area contributed by atoms with Crippen LogP contribution in [-0.2, 0) is 6.54 Å². The summed E-state index contributed by atoms with van der Waals surface area (Å²) in [7, 11) is 0. The predicted octanol–water partition coefficient (Wildman–Crippen LogP) is 4.75. The van der Waals surface area contributed by atoms with Gasteiger partial charge in [0.25, 0.3) is 5.91 Å². The molecule has 158 valence electrons. The fourth-order valence-electron chi connectivity index (χ4n) is 3.23. The number of pyridine rings is 2. The molecule has 0 bridgehead atoms. The Balaban J connectivity index is 1.39. The number of benzene rings is 1. The Kier molecular flexibility index (Phi) is 5.66. The van der Waals surface area contributed by atoms with Crippen LogP contribution in [0.2, 0.25) is 0 Å². The Labute approximate surface area is 181 Å². The molecule has 0 fully saturated rings. The van der Waals surface area contributed by atoms with E-state index in [0.717, 1.165) is 33.5 Å². The summed E-state index contributed by atoms with van der Waals surface area (Å²) in [5, 5.41) is 8.09. The Morgan fingerprint density at radius 2 is 1.90 bits per heavy atom. The number of carbonyl (C=O) groups is 1. The van der Waals surface area contributed by atoms with Gasteiger partial charge in [-0.25, -0.2) is 14.6 Å². The van der Waals surface area contributed by atoms with Crippen LogP contribution in [0.4, 0.5) is 0 Å². The highest BCUT2D eigenvalue weighted by atomic mass is 16.5. The van der Waals surface area contributed by atoms with Crippen LogP contribution in [-0.4, -0.2) is 25.7 Å². The first-order chi connectivity index (χ1) is 14.9. The fraction of sp³-hybridized carbons (Fsp3) is 0.250. The maximum Gasteiger partial charge on any atom is 0.253 e. The Bertz CT molecular complexity index is 1230. The lowest BCUT2D eigenvalue weighted by Gasteiger charge is -2.10. The van der Waals surface area contributed by atoms with Crippen molar-refractivity contribution in [2.75, 3.05) is 0 Å². The molecule has 0 aliphatic heterocycles. The zero-order chi connectivity index (χ0) is 22.0. The standard InChI is InChI=1S/C24H25N5O2/c1-15(2)29-23-19(14-28-29)10-20(13-26-23)24(30)27-12-18-7-8-22(25-11-18)31-21-9-16(3)5-6-17(21)4/h5-11,13-15H,12H2,1-4H3,(H,27,30). The van der Waals surface area contributed by atoms with Gasteiger partial charge in [-0.05, 0) is 56.5 Å². The van der Waals surface area contributed by atoms with Crippen molar-refractivity contribution in [3.8, 4) is 11.6 Å². The van der Waals surface area contributed by atoms with Gasteiger partial charge < -0.3 is 10.1 Å². The number of ether oxygens (including phenoxy) is 1. The maximum absolute atomic E-state index is 12.6. The summed E-state index contributed by atoms with van der Waals surface area (Å²) in [5.74, 6) is 1.11. The average Bonchev–Trinajstić information content (AvgIpc) is 3.19. The Hall–Kier alpha value is -3.74. The van der Waals surface area contributed by atoms with E-state index in [1.165, 1.54) is 0 Å². The van der Waals surface area contributed by atoms with Crippen LogP contribution in [0.15, 0.2) is 55.0 Å². The third kappa shape index (κ3) is 4.55. The van der Waals surface area contributed by atoms with Crippen molar-refractivity contribution in [3.05, 3.63) is 77.2 Å². The van der Waals surface area contributed by atoms with E-state index in [9.17, 15) is 4.79 Å². The molecular formula is C24H25N5O2. The first kappa shape index (κ1) is 20.5. The predicted molar refractivity (Wildman–Crippen MR) is 119 cm³/mol. The van der Waals surface area contributed by atoms with Crippen molar-refractivity contribution in [1.29, 1.82) is 0 Å². The van der Waals surface area contributed by atoms with Gasteiger partial charge in [-0.2, -0.15) is 5.10 Å². The number of hydrogen-bond acceptors (Lipinski definition) is 5. The van der Waals surface area contributed by atoms with Crippen LogP contribution in [0.1, 0.15) is 46.9 Å². The summed E-state index contributed by atoms with van der Waals surface area (Å²) in [4.78, 5) is 21.3. The third-order valence-corrected chi connectivity index (χ3v) is 4.99. The first-order valence-corrected chi connectivity index (χ1v) is 10.2. The topological polar surface area (TPSA) is 81.9 Å². The molecule has 0 atom stereocenters. The van der Waals surface area contributed by atoms with E-state index < -0.39 is 0 Å². The second-order valence-electron chi connectivity index (χ2n) is 7.88. The number of aromatic nitrogens is 4. The molecule has 0 radical (unpaired) electrons. The molecule has 7 heteroatoms. The Morgan fingerprint density at radius 3 is 2.65 bits per heavy atom. The number of hydrogen-bond donors (Lipinski definition) is 1. The van der Waals surface area contributed by atoms with E-state index in [2.05, 4.69) is 20.4 Å². The molecule has 0 saturated carbocycles. The largest absolute Gasteiger partial charge is 0.439 e. The highest BCUT2D eigenvalue weighted by molar-refractivity contribution is 5.96. The summed E-state index contributed by atoms with van der Waals surface area (Å²) in [6.07, 6.45) is 5.02. The van der Waals surface area contributed by atoms with Crippen molar-refractivity contribution < 1.29 is 9.53 Å². The van der Waals surface area contributed by atoms with Crippen molar-refractivity contribution >= 4 is 16.9 Å². The monoisotopic (exact) mass is 415 g/mol. The van der Waals surface area contributed by atoms with Crippen molar-refractivity contribution in [3.63, 3.8) is 0 Å². The summed E-state index contributed by atoms with van der Waals surface area (Å²) >= 11 is 0. The minimum absolute atomic E-state index is 0.192. The minimum Gasteiger partial charge on any atom is -0.439 e. The van der Waals surface area contributed by atoms with Gasteiger partial charge in [0, 0.05) is 36.4 Å². The average molecular weight is 415 g/mol. The molecule has 0 aliphatic carbocycles. The van der Waals surface area contributed by atoms with Crippen molar-refractivity contribution in [2.24, 2.45) is 0 Å². The molecule has 1 aromatic carbocycles. The van der Waals surface area contributed by atoms with E-state index in [0.29, 0.717) is 18.0 Å². The van der Waals surface area contributed by atoms with Gasteiger partial charge in [-0.3, -0.25) is 4.79 Å². The van der Waals surface area contributed by atoms with Crippen molar-refractivity contribution in [2.45, 2.75) is 40.3 Å². The first-order valence-electron chi connectivity index (χ1n) is 10.2. The van der Waals surface area contributed by atoms with E-state index >= 15 is 0 Å². The minimum atomic E-state index is -0.192. The molecule has 0 saturated heterocycles. The molecule has 3 heterocycles. The fourth-order valence-corrected chi connectivity index (χ4v) is 3.23. The number of rotatable bonds is 6. The van der Waals surface area contributed by atoms with E-state index in [4.69, 9.17) is 4.74 Å². The molecule has 31 heavy (non-hydrogen) atoms. The second kappa shape index (κ2) is 8.55. The second-order valence-corrected chi connectivity index (χ2v) is 7.88. The molecule has 1 N–H and O–H groups in total. The number of nitrogens with one attached hydrogen (secondary N) is 1. The smallest absolute Gasteiger partial charge is 0.253 e. The molecule has 7 nitrogen and oxygen atoms in total. The van der Waals surface area contributed by atoms with Gasteiger partial charge >= 0.3 is 0 Å². The normalized spacial score (nSPS) is 11.1. The molecule has 4 rings (SSSR count). The summed E-state index contributed by atoms with van der Waals surface area (Å²) < 4.78 is 7.72. The van der Waals surface area contributed by atoms with Crippen molar-refractivity contribution in [1.82, 2.24) is 25.1 Å². The van der Waals surface area contributed by atoms with Crippen LogP contribution < -0.4 is 10.1 Å². The van der Waals surface area contributed by atoms with Gasteiger partial charge in [0.05, 0.1) is 11.8 Å². The maximum atomic E-state index is 12.6. The highest BCUT2D eigenvalue weighted by Crippen LogP contribution is 2.24. The van der Waals surface area contributed by atoms with Gasteiger partial charge in [0.15, 0.2) is 5.65 Å². The quantitative estimate of drug-likeness (QED) is 0.492. The number of aryl methyl sites for hydroxylation is 2. The van der Waals surface area contributed by atoms with Crippen LogP contribution in [0, 0.1) is 13.8 Å². The summed E-state index contributed by atoms with van der Waals surface area (Å²) in [6.45, 7) is 8.47. The number of amides is 1. The molecule has 0 unspecified atom stereocenters. The van der Waals surface area contributed by atoms with Crippen LogP contribution in [0.25, 0.3) is 11.0 Å². The zero-order valence-corrected chi connectivity index (χ0v) is 18.1. The summed E-state index contributed by atoms with van der Waals surface area (Å²) in [5.41, 5.74) is 4.33. The molecule has 1 amide bonds. The lowest BCUT2D eigenvalue weighted by atomic mass is 10.1. The van der Waals surface area contributed by atoms with Gasteiger partial charge in [-0.1, -0.05) is 18.2 Å². The van der Waals surface area contributed by atoms with Gasteiger partial charge in [-0.15, -0.1) is 0 Å². The van der Waals surface area contributed by atoms with Gasteiger partial charge in [0.2, 0.25) is 5.88 Å². The zero-order valence-electron chi connectivity index (χ0n) is 18.1. The highest BCUT2D eigenvalue weighted by Gasteiger charge is 2.12. The summed E-state index contributed by atoms with van der Waals surface area (Å²) in [6, 6.07) is 11.8. The molecule has 0 spiro atoms. The molecule has 0 aliphatic rings.